The zero-order valence-electron chi connectivity index (χ0n) is 14.8. The molecule has 6 heteroatoms. The van der Waals surface area contributed by atoms with Gasteiger partial charge in [0.2, 0.25) is 0 Å². The Morgan fingerprint density at radius 1 is 0.929 bits per heavy atom. The number of halogens is 2. The summed E-state index contributed by atoms with van der Waals surface area (Å²) in [5.74, 6) is -2.32. The second-order valence-corrected chi connectivity index (χ2v) is 6.45. The van der Waals surface area contributed by atoms with Crippen LogP contribution in [0.5, 0.6) is 0 Å². The molecule has 0 aliphatic heterocycles. The van der Waals surface area contributed by atoms with Crippen molar-refractivity contribution in [2.24, 2.45) is 0 Å². The van der Waals surface area contributed by atoms with E-state index in [1.165, 1.54) is 12.1 Å². The van der Waals surface area contributed by atoms with Crippen molar-refractivity contribution < 1.29 is 18.7 Å². The van der Waals surface area contributed by atoms with Crippen LogP contribution in [0.3, 0.4) is 0 Å². The Bertz CT molecular complexity index is 972. The van der Waals surface area contributed by atoms with Gasteiger partial charge in [-0.3, -0.25) is 4.79 Å². The van der Waals surface area contributed by atoms with E-state index in [1.54, 1.807) is 12.1 Å². The number of benzene rings is 3. The van der Waals surface area contributed by atoms with Gasteiger partial charge in [-0.05, 0) is 35.7 Å². The van der Waals surface area contributed by atoms with Gasteiger partial charge in [0.25, 0.3) is 5.91 Å². The minimum atomic E-state index is -0.990. The highest BCUT2D eigenvalue weighted by Crippen LogP contribution is 2.21. The van der Waals surface area contributed by atoms with Crippen molar-refractivity contribution in [2.45, 2.75) is 6.42 Å². The summed E-state index contributed by atoms with van der Waals surface area (Å²) in [5, 5.41) is 2.65. The number of para-hydroxylation sites is 1. The van der Waals surface area contributed by atoms with E-state index in [9.17, 15) is 14.0 Å². The maximum Gasteiger partial charge on any atom is 0.343 e. The number of hydrogen-bond donors (Lipinski definition) is 1. The molecule has 142 valence electrons. The Morgan fingerprint density at radius 3 is 2.39 bits per heavy atom. The maximum absolute atomic E-state index is 13.7. The van der Waals surface area contributed by atoms with E-state index in [0.717, 1.165) is 17.2 Å². The maximum atomic E-state index is 13.7. The molecule has 1 N–H and O–H groups in total. The predicted octanol–water partition coefficient (Wildman–Crippen LogP) is 4.87. The number of nitrogens with one attached hydrogen (secondary N) is 1. The second-order valence-electron chi connectivity index (χ2n) is 6.04. The first-order valence-electron chi connectivity index (χ1n) is 8.57. The molecule has 0 aromatic heterocycles. The zero-order valence-corrected chi connectivity index (χ0v) is 15.6. The minimum absolute atomic E-state index is 0.0707. The number of hydrogen-bond acceptors (Lipinski definition) is 3. The van der Waals surface area contributed by atoms with Crippen molar-refractivity contribution in [1.29, 1.82) is 0 Å². The van der Waals surface area contributed by atoms with Crippen LogP contribution in [0.25, 0.3) is 0 Å². The largest absolute Gasteiger partial charge is 0.452 e. The SMILES string of the molecule is O=C(COC(=O)c1c(F)cccc1Cl)Nc1ccccc1Cc1ccccc1. The first kappa shape index (κ1) is 19.6. The lowest BCUT2D eigenvalue weighted by Gasteiger charge is -2.12. The molecular weight excluding hydrogens is 381 g/mol. The van der Waals surface area contributed by atoms with Gasteiger partial charge in [-0.25, -0.2) is 9.18 Å². The summed E-state index contributed by atoms with van der Waals surface area (Å²) in [5.41, 5.74) is 2.26. The minimum Gasteiger partial charge on any atom is -0.452 e. The van der Waals surface area contributed by atoms with Crippen LogP contribution in [-0.4, -0.2) is 18.5 Å². The number of rotatable bonds is 6. The fourth-order valence-corrected chi connectivity index (χ4v) is 2.93. The van der Waals surface area contributed by atoms with Crippen molar-refractivity contribution in [3.05, 3.63) is 100 Å². The Morgan fingerprint density at radius 2 is 1.64 bits per heavy atom. The summed E-state index contributed by atoms with van der Waals surface area (Å²) in [7, 11) is 0. The molecule has 0 saturated carbocycles. The molecule has 28 heavy (non-hydrogen) atoms. The summed E-state index contributed by atoms with van der Waals surface area (Å²) < 4.78 is 18.7. The molecule has 0 fully saturated rings. The van der Waals surface area contributed by atoms with Crippen LogP contribution in [0.4, 0.5) is 10.1 Å². The van der Waals surface area contributed by atoms with Gasteiger partial charge in [0.15, 0.2) is 6.61 Å². The van der Waals surface area contributed by atoms with Crippen molar-refractivity contribution in [3.8, 4) is 0 Å². The smallest absolute Gasteiger partial charge is 0.343 e. The van der Waals surface area contributed by atoms with Crippen molar-refractivity contribution >= 4 is 29.2 Å². The van der Waals surface area contributed by atoms with E-state index in [2.05, 4.69) is 5.32 Å². The molecule has 3 rings (SSSR count). The number of carbonyl (C=O) groups is 2. The number of ether oxygens (including phenoxy) is 1. The first-order chi connectivity index (χ1) is 13.5. The molecule has 0 saturated heterocycles. The molecule has 3 aromatic carbocycles. The number of amides is 1. The van der Waals surface area contributed by atoms with E-state index >= 15 is 0 Å². The molecule has 0 radical (unpaired) electrons. The van der Waals surface area contributed by atoms with Gasteiger partial charge >= 0.3 is 5.97 Å². The van der Waals surface area contributed by atoms with E-state index < -0.39 is 24.3 Å². The Hall–Kier alpha value is -3.18. The second kappa shape index (κ2) is 9.15. The van der Waals surface area contributed by atoms with Crippen LogP contribution in [-0.2, 0) is 16.0 Å². The molecular formula is C22H17ClFNO3. The van der Waals surface area contributed by atoms with Crippen molar-refractivity contribution in [1.82, 2.24) is 0 Å². The molecule has 0 aliphatic carbocycles. The van der Waals surface area contributed by atoms with Gasteiger partial charge in [0.1, 0.15) is 11.4 Å². The third kappa shape index (κ3) is 4.96. The molecule has 0 aliphatic rings. The summed E-state index contributed by atoms with van der Waals surface area (Å²) >= 11 is 5.83. The average Bonchev–Trinajstić information content (AvgIpc) is 2.68. The molecule has 0 atom stereocenters. The zero-order chi connectivity index (χ0) is 19.9. The number of carbonyl (C=O) groups excluding carboxylic acids is 2. The Labute approximate surface area is 166 Å². The third-order valence-electron chi connectivity index (χ3n) is 4.03. The molecule has 4 nitrogen and oxygen atoms in total. The highest BCUT2D eigenvalue weighted by atomic mass is 35.5. The van der Waals surface area contributed by atoms with Crippen LogP contribution in [0.1, 0.15) is 21.5 Å². The molecule has 0 heterocycles. The van der Waals surface area contributed by atoms with Crippen LogP contribution in [0.2, 0.25) is 5.02 Å². The Kier molecular flexibility index (Phi) is 6.40. The number of esters is 1. The van der Waals surface area contributed by atoms with Gasteiger partial charge in [0.05, 0.1) is 5.02 Å². The monoisotopic (exact) mass is 397 g/mol. The van der Waals surface area contributed by atoms with E-state index in [-0.39, 0.29) is 10.6 Å². The van der Waals surface area contributed by atoms with Gasteiger partial charge in [-0.15, -0.1) is 0 Å². The summed E-state index contributed by atoms with van der Waals surface area (Å²) in [6.07, 6.45) is 0.641. The molecule has 1 amide bonds. The van der Waals surface area contributed by atoms with E-state index in [0.29, 0.717) is 12.1 Å². The summed E-state index contributed by atoms with van der Waals surface area (Å²) in [6.45, 7) is -0.552. The van der Waals surface area contributed by atoms with Crippen LogP contribution < -0.4 is 5.32 Å². The topological polar surface area (TPSA) is 55.4 Å². The van der Waals surface area contributed by atoms with Gasteiger partial charge < -0.3 is 10.1 Å². The predicted molar refractivity (Wildman–Crippen MR) is 106 cm³/mol. The molecule has 0 spiro atoms. The molecule has 0 unspecified atom stereocenters. The lowest BCUT2D eigenvalue weighted by molar-refractivity contribution is -0.119. The molecule has 0 bridgehead atoms. The lowest BCUT2D eigenvalue weighted by atomic mass is 10.0. The standard InChI is InChI=1S/C22H17ClFNO3/c23-17-10-6-11-18(24)21(17)22(27)28-14-20(26)25-19-12-5-4-9-16(19)13-15-7-2-1-3-8-15/h1-12H,13-14H2,(H,25,26). The van der Waals surface area contributed by atoms with Crippen molar-refractivity contribution in [3.63, 3.8) is 0 Å². The van der Waals surface area contributed by atoms with E-state index in [1.807, 2.05) is 42.5 Å². The third-order valence-corrected chi connectivity index (χ3v) is 4.35. The highest BCUT2D eigenvalue weighted by molar-refractivity contribution is 6.33. The van der Waals surface area contributed by atoms with Gasteiger partial charge in [0, 0.05) is 5.69 Å². The normalized spacial score (nSPS) is 10.4. The quantitative estimate of drug-likeness (QED) is 0.604. The molecule has 3 aromatic rings. The lowest BCUT2D eigenvalue weighted by Crippen LogP contribution is -2.22. The fourth-order valence-electron chi connectivity index (χ4n) is 2.69. The summed E-state index contributed by atoms with van der Waals surface area (Å²) in [6, 6.07) is 21.1. The highest BCUT2D eigenvalue weighted by Gasteiger charge is 2.18. The fraction of sp³-hybridized carbons (Fsp3) is 0.0909. The van der Waals surface area contributed by atoms with Gasteiger partial charge in [-0.2, -0.15) is 0 Å². The average molecular weight is 398 g/mol. The van der Waals surface area contributed by atoms with Crippen LogP contribution in [0.15, 0.2) is 72.8 Å². The van der Waals surface area contributed by atoms with Crippen molar-refractivity contribution in [2.75, 3.05) is 11.9 Å². The van der Waals surface area contributed by atoms with E-state index in [4.69, 9.17) is 16.3 Å². The Balaban J connectivity index is 1.63. The first-order valence-corrected chi connectivity index (χ1v) is 8.95. The van der Waals surface area contributed by atoms with Crippen LogP contribution in [0, 0.1) is 5.82 Å². The number of anilines is 1. The van der Waals surface area contributed by atoms with Gasteiger partial charge in [-0.1, -0.05) is 66.2 Å². The summed E-state index contributed by atoms with van der Waals surface area (Å²) in [4.78, 5) is 24.2. The van der Waals surface area contributed by atoms with Crippen LogP contribution >= 0.6 is 11.6 Å².